The van der Waals surface area contributed by atoms with Crippen LogP contribution in [0.2, 0.25) is 0 Å². The molecule has 2 heterocycles. The molecule has 1 aliphatic heterocycles. The fourth-order valence-electron chi connectivity index (χ4n) is 4.05. The number of nitrogens with one attached hydrogen (secondary N) is 1. The Labute approximate surface area is 203 Å². The zero-order chi connectivity index (χ0) is 25.0. The summed E-state index contributed by atoms with van der Waals surface area (Å²) < 4.78 is 21.6. The second kappa shape index (κ2) is 10.0. The second-order valence-electron chi connectivity index (χ2n) is 8.99. The largest absolute Gasteiger partial charge is 0.502 e. The van der Waals surface area contributed by atoms with Crippen molar-refractivity contribution in [2.75, 3.05) is 18.7 Å². The van der Waals surface area contributed by atoms with Gasteiger partial charge in [0.15, 0.2) is 23.0 Å². The predicted octanol–water partition coefficient (Wildman–Crippen LogP) is 4.04. The Kier molecular flexibility index (Phi) is 6.91. The number of pyridine rings is 1. The molecule has 4 rings (SSSR count). The molecule has 1 aliphatic rings. The monoisotopic (exact) mass is 477 g/mol. The first-order chi connectivity index (χ1) is 16.8. The topological polar surface area (TPSA) is 83.8 Å². The van der Waals surface area contributed by atoms with Gasteiger partial charge < -0.3 is 20.2 Å². The van der Waals surface area contributed by atoms with E-state index >= 15 is 0 Å². The number of aromatic nitrogens is 1. The molecule has 1 aromatic heterocycles. The number of ether oxygens (including phenoxy) is 1. The Morgan fingerprint density at radius 1 is 1.09 bits per heavy atom. The van der Waals surface area contributed by atoms with Crippen LogP contribution in [0.1, 0.15) is 41.9 Å². The van der Waals surface area contributed by atoms with Crippen LogP contribution in [-0.4, -0.2) is 39.4 Å². The number of fused-ring (bicyclic) bond motifs is 1. The molecule has 0 saturated carbocycles. The van der Waals surface area contributed by atoms with Gasteiger partial charge in [0.2, 0.25) is 5.43 Å². The number of para-hydroxylation sites is 1. The van der Waals surface area contributed by atoms with Gasteiger partial charge in [0.25, 0.3) is 5.91 Å². The number of hydrogen-bond acceptors (Lipinski definition) is 5. The Balaban J connectivity index is 1.39. The number of rotatable bonds is 8. The highest BCUT2D eigenvalue weighted by Gasteiger charge is 2.36. The molecule has 3 aromatic rings. The molecule has 1 amide bonds. The lowest BCUT2D eigenvalue weighted by Crippen LogP contribution is -2.55. The van der Waals surface area contributed by atoms with E-state index in [1.807, 2.05) is 56.3 Å². The average Bonchev–Trinajstić information content (AvgIpc) is 2.83. The normalized spacial score (nSPS) is 13.6. The van der Waals surface area contributed by atoms with Gasteiger partial charge in [0.05, 0.1) is 0 Å². The van der Waals surface area contributed by atoms with Crippen LogP contribution in [0.15, 0.2) is 77.7 Å². The van der Waals surface area contributed by atoms with E-state index in [0.717, 1.165) is 11.1 Å². The van der Waals surface area contributed by atoms with E-state index in [-0.39, 0.29) is 24.7 Å². The van der Waals surface area contributed by atoms with Crippen LogP contribution in [0.25, 0.3) is 0 Å². The standard InChI is InChI=1S/C27H28FN3O4/c1-27(2,30-18-29-31-15-13-22(32)24(33)23(31)26(30)34)14-6-7-16-35-25-20(11-8-12-21(25)28)17-19-9-4-3-5-10-19/h3-13,15,29,33H,14,16-18H2,1-2H3/b7-6+. The van der Waals surface area contributed by atoms with Gasteiger partial charge in [-0.15, -0.1) is 0 Å². The molecule has 0 fully saturated rings. The summed E-state index contributed by atoms with van der Waals surface area (Å²) >= 11 is 0. The van der Waals surface area contributed by atoms with Gasteiger partial charge in [-0.3, -0.25) is 14.3 Å². The average molecular weight is 478 g/mol. The third-order valence-electron chi connectivity index (χ3n) is 6.05. The number of halogens is 1. The third kappa shape index (κ3) is 5.21. The number of aromatic hydroxyl groups is 1. The highest BCUT2D eigenvalue weighted by molar-refractivity contribution is 5.96. The van der Waals surface area contributed by atoms with Crippen molar-refractivity contribution >= 4 is 5.91 Å². The summed E-state index contributed by atoms with van der Waals surface area (Å²) in [5.41, 5.74) is 3.52. The number of nitrogens with zero attached hydrogens (tertiary/aromatic N) is 2. The van der Waals surface area contributed by atoms with Crippen molar-refractivity contribution in [2.24, 2.45) is 0 Å². The van der Waals surface area contributed by atoms with Gasteiger partial charge in [-0.1, -0.05) is 54.6 Å². The van der Waals surface area contributed by atoms with E-state index in [2.05, 4.69) is 5.43 Å². The van der Waals surface area contributed by atoms with Crippen LogP contribution in [-0.2, 0) is 6.42 Å². The molecule has 8 heteroatoms. The van der Waals surface area contributed by atoms with Crippen molar-refractivity contribution < 1.29 is 19.0 Å². The predicted molar refractivity (Wildman–Crippen MR) is 132 cm³/mol. The van der Waals surface area contributed by atoms with E-state index in [1.165, 1.54) is 23.0 Å². The van der Waals surface area contributed by atoms with Crippen LogP contribution in [0, 0.1) is 5.82 Å². The lowest BCUT2D eigenvalue weighted by molar-refractivity contribution is 0.0515. The maximum atomic E-state index is 14.5. The van der Waals surface area contributed by atoms with Crippen molar-refractivity contribution in [2.45, 2.75) is 32.2 Å². The molecule has 0 spiro atoms. The van der Waals surface area contributed by atoms with E-state index < -0.39 is 28.4 Å². The summed E-state index contributed by atoms with van der Waals surface area (Å²) in [6, 6.07) is 15.9. The van der Waals surface area contributed by atoms with Crippen LogP contribution in [0.4, 0.5) is 4.39 Å². The minimum atomic E-state index is -0.624. The van der Waals surface area contributed by atoms with Crippen molar-refractivity contribution in [1.82, 2.24) is 9.58 Å². The van der Waals surface area contributed by atoms with Gasteiger partial charge in [-0.25, -0.2) is 4.39 Å². The zero-order valence-electron chi connectivity index (χ0n) is 19.7. The van der Waals surface area contributed by atoms with Crippen molar-refractivity contribution in [1.29, 1.82) is 0 Å². The van der Waals surface area contributed by atoms with Gasteiger partial charge in [0.1, 0.15) is 13.3 Å². The van der Waals surface area contributed by atoms with Crippen LogP contribution in [0.3, 0.4) is 0 Å². The molecule has 0 bridgehead atoms. The number of carbonyl (C=O) groups is 1. The number of carbonyl (C=O) groups excluding carboxylic acids is 1. The van der Waals surface area contributed by atoms with E-state index in [1.54, 1.807) is 17.0 Å². The Morgan fingerprint density at radius 3 is 2.63 bits per heavy atom. The molecular formula is C27H28FN3O4. The summed E-state index contributed by atoms with van der Waals surface area (Å²) in [6.07, 6.45) is 6.13. The maximum absolute atomic E-state index is 14.5. The molecule has 0 atom stereocenters. The van der Waals surface area contributed by atoms with Gasteiger partial charge >= 0.3 is 0 Å². The van der Waals surface area contributed by atoms with Gasteiger partial charge in [0, 0.05) is 29.8 Å². The molecule has 2 N–H and O–H groups in total. The molecule has 0 unspecified atom stereocenters. The fourth-order valence-corrected chi connectivity index (χ4v) is 4.05. The second-order valence-corrected chi connectivity index (χ2v) is 8.99. The Morgan fingerprint density at radius 2 is 1.86 bits per heavy atom. The van der Waals surface area contributed by atoms with Crippen LogP contribution in [0.5, 0.6) is 11.5 Å². The lowest BCUT2D eigenvalue weighted by Gasteiger charge is -2.41. The molecule has 7 nitrogen and oxygen atoms in total. The first kappa shape index (κ1) is 24.1. The number of amides is 1. The summed E-state index contributed by atoms with van der Waals surface area (Å²) in [5, 5.41) is 10.1. The smallest absolute Gasteiger partial charge is 0.278 e. The maximum Gasteiger partial charge on any atom is 0.278 e. The zero-order valence-corrected chi connectivity index (χ0v) is 19.7. The van der Waals surface area contributed by atoms with Crippen LogP contribution < -0.4 is 15.6 Å². The number of hydrogen-bond donors (Lipinski definition) is 2. The summed E-state index contributed by atoms with van der Waals surface area (Å²) in [4.78, 5) is 26.4. The highest BCUT2D eigenvalue weighted by Crippen LogP contribution is 2.27. The lowest BCUT2D eigenvalue weighted by atomic mass is 9.97. The molecule has 35 heavy (non-hydrogen) atoms. The Hall–Kier alpha value is -4.07. The highest BCUT2D eigenvalue weighted by atomic mass is 19.1. The van der Waals surface area contributed by atoms with Crippen LogP contribution >= 0.6 is 0 Å². The quantitative estimate of drug-likeness (QED) is 0.479. The third-order valence-corrected chi connectivity index (χ3v) is 6.05. The SMILES string of the molecule is CC(C)(C/C=C/COc1c(F)cccc1Cc1ccccc1)N1CNn2ccc(=O)c(O)c2C1=O. The van der Waals surface area contributed by atoms with Gasteiger partial charge in [-0.05, 0) is 31.9 Å². The van der Waals surface area contributed by atoms with Crippen molar-refractivity contribution in [3.05, 3.63) is 106 Å². The van der Waals surface area contributed by atoms with Crippen molar-refractivity contribution in [3.63, 3.8) is 0 Å². The first-order valence-electron chi connectivity index (χ1n) is 11.4. The number of benzene rings is 2. The molecular weight excluding hydrogens is 449 g/mol. The van der Waals surface area contributed by atoms with E-state index in [4.69, 9.17) is 4.74 Å². The molecule has 0 aliphatic carbocycles. The Bertz CT molecular complexity index is 1300. The first-order valence-corrected chi connectivity index (χ1v) is 11.4. The summed E-state index contributed by atoms with van der Waals surface area (Å²) in [6.45, 7) is 4.16. The minimum Gasteiger partial charge on any atom is -0.502 e. The van der Waals surface area contributed by atoms with E-state index in [0.29, 0.717) is 12.8 Å². The van der Waals surface area contributed by atoms with E-state index in [9.17, 15) is 19.1 Å². The molecule has 0 saturated heterocycles. The summed E-state index contributed by atoms with van der Waals surface area (Å²) in [7, 11) is 0. The van der Waals surface area contributed by atoms with Crippen molar-refractivity contribution in [3.8, 4) is 11.5 Å². The molecule has 0 radical (unpaired) electrons. The molecule has 182 valence electrons. The van der Waals surface area contributed by atoms with Gasteiger partial charge in [-0.2, -0.15) is 0 Å². The fraction of sp³-hybridized carbons (Fsp3) is 0.259. The minimum absolute atomic E-state index is 0.0883. The summed E-state index contributed by atoms with van der Waals surface area (Å²) in [5.74, 6) is -1.20. The molecule has 2 aromatic carbocycles.